The van der Waals surface area contributed by atoms with Crippen molar-refractivity contribution in [3.8, 4) is 5.75 Å². The number of hydrogen-bond donors (Lipinski definition) is 13. The van der Waals surface area contributed by atoms with Crippen molar-refractivity contribution in [2.45, 2.75) is 95.0 Å². The fraction of sp³-hybridized carbons (Fsp3) is 0.447. The molecule has 0 spiro atoms. The van der Waals surface area contributed by atoms with Crippen molar-refractivity contribution in [3.05, 3.63) is 66.3 Å². The van der Waals surface area contributed by atoms with Gasteiger partial charge in [0.25, 0.3) is 0 Å². The molecule has 62 heavy (non-hydrogen) atoms. The van der Waals surface area contributed by atoms with E-state index in [9.17, 15) is 58.5 Å². The van der Waals surface area contributed by atoms with Gasteiger partial charge in [0, 0.05) is 55.9 Å². The molecule has 7 amide bonds. The van der Waals surface area contributed by atoms with Crippen LogP contribution in [0.1, 0.15) is 56.5 Å². The highest BCUT2D eigenvalue weighted by molar-refractivity contribution is 5.97. The number of imidazole rings is 2. The van der Waals surface area contributed by atoms with E-state index in [1.54, 1.807) is 13.8 Å². The van der Waals surface area contributed by atoms with Gasteiger partial charge in [0.1, 0.15) is 42.0 Å². The van der Waals surface area contributed by atoms with E-state index < -0.39 is 115 Å². The Kier molecular flexibility index (Phi) is 19.0. The first-order valence-electron chi connectivity index (χ1n) is 19.3. The molecular formula is C38H52N12O12. The van der Waals surface area contributed by atoms with E-state index in [0.29, 0.717) is 17.0 Å². The largest absolute Gasteiger partial charge is 0.508 e. The number of carbonyl (C=O) groups excluding carboxylic acids is 7. The van der Waals surface area contributed by atoms with Crippen LogP contribution in [0.5, 0.6) is 5.75 Å². The van der Waals surface area contributed by atoms with Crippen LogP contribution in [0.3, 0.4) is 0 Å². The van der Waals surface area contributed by atoms with E-state index in [0.717, 1.165) is 0 Å². The number of carboxylic acid groups (broad SMARTS) is 2. The summed E-state index contributed by atoms with van der Waals surface area (Å²) >= 11 is 0. The van der Waals surface area contributed by atoms with Crippen LogP contribution in [0, 0.1) is 5.92 Å². The summed E-state index contributed by atoms with van der Waals surface area (Å²) < 4.78 is 0. The fourth-order valence-corrected chi connectivity index (χ4v) is 5.93. The van der Waals surface area contributed by atoms with Crippen LogP contribution < -0.4 is 43.4 Å². The van der Waals surface area contributed by atoms with Crippen molar-refractivity contribution in [1.29, 1.82) is 0 Å². The first-order valence-corrected chi connectivity index (χ1v) is 19.3. The number of benzene rings is 1. The smallest absolute Gasteiger partial charge is 0.326 e. The summed E-state index contributed by atoms with van der Waals surface area (Å²) in [4.78, 5) is 129. The van der Waals surface area contributed by atoms with Crippen LogP contribution in [0.2, 0.25) is 0 Å². The third-order valence-corrected chi connectivity index (χ3v) is 9.26. The number of hydrogen-bond acceptors (Lipinski definition) is 13. The van der Waals surface area contributed by atoms with Gasteiger partial charge in [-0.1, -0.05) is 26.0 Å². The molecule has 0 aliphatic carbocycles. The second-order valence-corrected chi connectivity index (χ2v) is 14.5. The Balaban J connectivity index is 1.87. The molecule has 0 aliphatic heterocycles. The Labute approximate surface area is 354 Å². The lowest BCUT2D eigenvalue weighted by Gasteiger charge is -2.28. The summed E-state index contributed by atoms with van der Waals surface area (Å²) in [6.07, 6.45) is 3.10. The lowest BCUT2D eigenvalue weighted by Crippen LogP contribution is -2.61. The number of rotatable bonds is 26. The van der Waals surface area contributed by atoms with Crippen LogP contribution in [-0.4, -0.2) is 131 Å². The molecule has 0 radical (unpaired) electrons. The van der Waals surface area contributed by atoms with E-state index >= 15 is 0 Å². The van der Waals surface area contributed by atoms with Gasteiger partial charge < -0.3 is 68.7 Å². The fourth-order valence-electron chi connectivity index (χ4n) is 5.93. The van der Waals surface area contributed by atoms with Crippen LogP contribution in [0.25, 0.3) is 0 Å². The predicted molar refractivity (Wildman–Crippen MR) is 215 cm³/mol. The van der Waals surface area contributed by atoms with Gasteiger partial charge >= 0.3 is 11.9 Å². The Morgan fingerprint density at radius 2 is 1.10 bits per heavy atom. The normalized spacial score (nSPS) is 13.9. The molecule has 336 valence electrons. The van der Waals surface area contributed by atoms with Gasteiger partial charge in [-0.3, -0.25) is 38.4 Å². The lowest BCUT2D eigenvalue weighted by molar-refractivity contribution is -0.142. The second-order valence-electron chi connectivity index (χ2n) is 14.5. The number of phenols is 1. The molecule has 0 aliphatic rings. The number of nitrogens with two attached hydrogens (primary N) is 2. The maximum atomic E-state index is 14.0. The summed E-state index contributed by atoms with van der Waals surface area (Å²) in [6.45, 7) is 2.66. The summed E-state index contributed by atoms with van der Waals surface area (Å²) in [5.74, 6) is -9.64. The maximum absolute atomic E-state index is 14.0. The van der Waals surface area contributed by atoms with Crippen molar-refractivity contribution in [2.75, 3.05) is 6.54 Å². The highest BCUT2D eigenvalue weighted by atomic mass is 16.4. The molecule has 0 fully saturated rings. The van der Waals surface area contributed by atoms with Gasteiger partial charge in [-0.15, -0.1) is 0 Å². The quantitative estimate of drug-likeness (QED) is 0.0374. The van der Waals surface area contributed by atoms with Gasteiger partial charge in [0.2, 0.25) is 41.4 Å². The molecule has 0 saturated heterocycles. The summed E-state index contributed by atoms with van der Waals surface area (Å²) in [5.41, 5.74) is 11.8. The average Bonchev–Trinajstić information content (AvgIpc) is 3.94. The monoisotopic (exact) mass is 868 g/mol. The first kappa shape index (κ1) is 49.0. The minimum Gasteiger partial charge on any atom is -0.508 e. The summed E-state index contributed by atoms with van der Waals surface area (Å²) in [7, 11) is 0. The van der Waals surface area contributed by atoms with E-state index in [1.165, 1.54) is 49.3 Å². The second kappa shape index (κ2) is 24.0. The zero-order valence-corrected chi connectivity index (χ0v) is 33.9. The Hall–Kier alpha value is -7.37. The minimum absolute atomic E-state index is 0.0501. The van der Waals surface area contributed by atoms with Crippen molar-refractivity contribution >= 4 is 53.3 Å². The molecule has 0 saturated carbocycles. The molecule has 2 heterocycles. The number of phenolic OH excluding ortho intramolecular Hbond substituents is 1. The molecule has 1 aromatic carbocycles. The van der Waals surface area contributed by atoms with E-state index in [-0.39, 0.29) is 37.9 Å². The first-order chi connectivity index (χ1) is 29.4. The maximum Gasteiger partial charge on any atom is 0.326 e. The molecule has 24 heteroatoms. The van der Waals surface area contributed by atoms with Crippen molar-refractivity contribution in [1.82, 2.24) is 51.8 Å². The number of H-pyrrole nitrogens is 2. The molecule has 0 unspecified atom stereocenters. The Morgan fingerprint density at radius 3 is 1.55 bits per heavy atom. The number of amides is 7. The number of carbonyl (C=O) groups is 9. The summed E-state index contributed by atoms with van der Waals surface area (Å²) in [6, 6.07) is -2.98. The van der Waals surface area contributed by atoms with Crippen LogP contribution in [-0.2, 0) is 62.4 Å². The molecule has 2 aromatic heterocycles. The predicted octanol–water partition coefficient (Wildman–Crippen LogP) is -3.40. The van der Waals surface area contributed by atoms with Gasteiger partial charge in [-0.2, -0.15) is 0 Å². The third-order valence-electron chi connectivity index (χ3n) is 9.26. The van der Waals surface area contributed by atoms with E-state index in [4.69, 9.17) is 11.5 Å². The number of primary amides is 1. The van der Waals surface area contributed by atoms with Crippen molar-refractivity contribution in [2.24, 2.45) is 17.4 Å². The lowest BCUT2D eigenvalue weighted by atomic mass is 10.00. The molecule has 15 N–H and O–H groups in total. The molecule has 6 atom stereocenters. The standard InChI is InChI=1S/C38H52N12O12/c1-19(2)32(50-33(56)24(8-10-31(54)55)46-34(57)26(45-30(53)14-39)11-20-3-5-23(51)6-4-20)37(60)49-28(13-22-16-42-18-44-22)36(59)48-27(12-21-15-41-17-43-21)35(58)47-25(38(61)62)7-9-29(40)52/h3-6,15-19,24-28,32,51H,7-14,39H2,1-2H3,(H2,40,52)(H,41,43)(H,42,44)(H,45,53)(H,46,57)(H,47,58)(H,48,59)(H,49,60)(H,50,56)(H,54,55)(H,61,62)/t24-,25-,26-,27-,28-,32-/m0/s1. The average molecular weight is 869 g/mol. The van der Waals surface area contributed by atoms with E-state index in [1.807, 2.05) is 0 Å². The van der Waals surface area contributed by atoms with Crippen molar-refractivity contribution in [3.63, 3.8) is 0 Å². The molecule has 3 rings (SSSR count). The third kappa shape index (κ3) is 16.4. The zero-order chi connectivity index (χ0) is 45.9. The number of aromatic amines is 2. The van der Waals surface area contributed by atoms with E-state index in [2.05, 4.69) is 51.8 Å². The SMILES string of the molecule is CC(C)[C@H](NC(=O)[C@H](CCC(=O)O)NC(=O)[C@H](Cc1ccc(O)cc1)NC(=O)CN)C(=O)N[C@@H](Cc1cnc[nH]1)C(=O)N[C@@H](Cc1cnc[nH]1)C(=O)N[C@@H](CCC(N)=O)C(=O)O. The van der Waals surface area contributed by atoms with Gasteiger partial charge in [-0.05, 0) is 36.5 Å². The molecule has 0 bridgehead atoms. The molecule has 3 aromatic rings. The number of nitrogens with zero attached hydrogens (tertiary/aromatic N) is 2. The Morgan fingerprint density at radius 1 is 0.629 bits per heavy atom. The highest BCUT2D eigenvalue weighted by Gasteiger charge is 2.35. The highest BCUT2D eigenvalue weighted by Crippen LogP contribution is 2.13. The number of carboxylic acids is 2. The van der Waals surface area contributed by atoms with Gasteiger partial charge in [-0.25, -0.2) is 14.8 Å². The minimum atomic E-state index is -1.55. The summed E-state index contributed by atoms with van der Waals surface area (Å²) in [5, 5.41) is 43.6. The number of aliphatic carboxylic acids is 2. The van der Waals surface area contributed by atoms with Crippen LogP contribution in [0.15, 0.2) is 49.3 Å². The van der Waals surface area contributed by atoms with Gasteiger partial charge in [0.15, 0.2) is 0 Å². The number of aromatic nitrogens is 4. The van der Waals surface area contributed by atoms with Gasteiger partial charge in [0.05, 0.1) is 19.2 Å². The molecule has 24 nitrogen and oxygen atoms in total. The Bertz CT molecular complexity index is 2010. The van der Waals surface area contributed by atoms with Crippen molar-refractivity contribution < 1.29 is 58.5 Å². The topological polar surface area (TPSA) is 396 Å². The zero-order valence-electron chi connectivity index (χ0n) is 33.9. The van der Waals surface area contributed by atoms with Crippen LogP contribution in [0.4, 0.5) is 0 Å². The molecular weight excluding hydrogens is 816 g/mol. The van der Waals surface area contributed by atoms with Crippen LogP contribution >= 0.6 is 0 Å². The number of nitrogens with one attached hydrogen (secondary N) is 8. The number of aromatic hydroxyl groups is 1.